The zero-order valence-electron chi connectivity index (χ0n) is 12.4. The van der Waals surface area contributed by atoms with Crippen molar-refractivity contribution in [1.29, 1.82) is 0 Å². The van der Waals surface area contributed by atoms with Gasteiger partial charge in [-0.2, -0.15) is 0 Å². The Morgan fingerprint density at radius 2 is 1.89 bits per heavy atom. The van der Waals surface area contributed by atoms with E-state index in [0.717, 1.165) is 18.5 Å². The molecular weight excluding hydrogens is 237 g/mol. The molecule has 1 aliphatic heterocycles. The highest BCUT2D eigenvalue weighted by Gasteiger charge is 2.28. The molecule has 1 aromatic rings. The lowest BCUT2D eigenvalue weighted by molar-refractivity contribution is 0.146. The van der Waals surface area contributed by atoms with Crippen molar-refractivity contribution in [2.75, 3.05) is 6.54 Å². The van der Waals surface area contributed by atoms with Gasteiger partial charge in [-0.1, -0.05) is 35.7 Å². The van der Waals surface area contributed by atoms with Gasteiger partial charge in [0.05, 0.1) is 0 Å². The predicted molar refractivity (Wildman–Crippen MR) is 79.4 cm³/mol. The third-order valence-electron chi connectivity index (χ3n) is 3.94. The van der Waals surface area contributed by atoms with E-state index >= 15 is 0 Å². The van der Waals surface area contributed by atoms with Crippen LogP contribution in [-0.2, 0) is 6.42 Å². The molecule has 0 radical (unpaired) electrons. The maximum absolute atomic E-state index is 14.8. The first kappa shape index (κ1) is 14.5. The summed E-state index contributed by atoms with van der Waals surface area (Å²) in [6.07, 6.45) is 4.73. The molecule has 1 aliphatic rings. The van der Waals surface area contributed by atoms with Crippen molar-refractivity contribution in [2.45, 2.75) is 64.6 Å². The highest BCUT2D eigenvalue weighted by molar-refractivity contribution is 5.29. The van der Waals surface area contributed by atoms with Gasteiger partial charge in [-0.05, 0) is 52.1 Å². The molecule has 19 heavy (non-hydrogen) atoms. The molecule has 106 valence electrons. The Bertz CT molecular complexity index is 399. The molecule has 0 spiro atoms. The molecule has 2 rings (SSSR count). The van der Waals surface area contributed by atoms with Crippen LogP contribution in [0.25, 0.3) is 0 Å². The van der Waals surface area contributed by atoms with Crippen LogP contribution >= 0.6 is 0 Å². The van der Waals surface area contributed by atoms with Gasteiger partial charge in [0.1, 0.15) is 5.67 Å². The fraction of sp³-hybridized carbons (Fsp3) is 0.647. The van der Waals surface area contributed by atoms with Crippen LogP contribution in [0.3, 0.4) is 0 Å². The predicted octanol–water partition coefficient (Wildman–Crippen LogP) is 4.11. The highest BCUT2D eigenvalue weighted by atomic mass is 19.1. The van der Waals surface area contributed by atoms with Gasteiger partial charge in [-0.15, -0.1) is 0 Å². The average molecular weight is 263 g/mol. The molecule has 0 aliphatic carbocycles. The van der Waals surface area contributed by atoms with E-state index in [1.165, 1.54) is 24.0 Å². The first-order valence-corrected chi connectivity index (χ1v) is 7.44. The molecule has 2 heteroatoms. The van der Waals surface area contributed by atoms with Crippen LogP contribution in [0.2, 0.25) is 0 Å². The number of halogens is 1. The lowest BCUT2D eigenvalue weighted by Crippen LogP contribution is -2.40. The molecule has 1 nitrogen and oxygen atoms in total. The number of nitrogens with one attached hydrogen (secondary N) is 1. The second kappa shape index (κ2) is 6.04. The maximum atomic E-state index is 14.8. The summed E-state index contributed by atoms with van der Waals surface area (Å²) < 4.78 is 14.8. The van der Waals surface area contributed by atoms with Crippen molar-refractivity contribution in [3.8, 4) is 0 Å². The Morgan fingerprint density at radius 1 is 1.21 bits per heavy atom. The van der Waals surface area contributed by atoms with E-state index in [9.17, 15) is 4.39 Å². The molecule has 0 bridgehead atoms. The minimum atomic E-state index is -1.12. The van der Waals surface area contributed by atoms with E-state index in [1.54, 1.807) is 6.92 Å². The minimum Gasteiger partial charge on any atom is -0.314 e. The summed E-state index contributed by atoms with van der Waals surface area (Å²) in [4.78, 5) is 0. The van der Waals surface area contributed by atoms with Crippen molar-refractivity contribution >= 4 is 0 Å². The summed E-state index contributed by atoms with van der Waals surface area (Å²) >= 11 is 0. The maximum Gasteiger partial charge on any atom is 0.113 e. The second-order valence-corrected chi connectivity index (χ2v) is 6.44. The number of rotatable bonds is 4. The number of benzene rings is 1. The molecule has 1 heterocycles. The molecule has 0 amide bonds. The zero-order valence-corrected chi connectivity index (χ0v) is 12.4. The number of alkyl halides is 1. The minimum absolute atomic E-state index is 0.356. The van der Waals surface area contributed by atoms with Crippen molar-refractivity contribution in [1.82, 2.24) is 5.32 Å². The lowest BCUT2D eigenvalue weighted by atomic mass is 9.87. The molecule has 1 saturated heterocycles. The van der Waals surface area contributed by atoms with E-state index in [4.69, 9.17) is 0 Å². The third kappa shape index (κ3) is 4.61. The van der Waals surface area contributed by atoms with Crippen LogP contribution < -0.4 is 5.32 Å². The lowest BCUT2D eigenvalue weighted by Gasteiger charge is -2.30. The van der Waals surface area contributed by atoms with Crippen LogP contribution in [0.15, 0.2) is 18.2 Å². The van der Waals surface area contributed by atoms with Gasteiger partial charge in [-0.3, -0.25) is 0 Å². The summed E-state index contributed by atoms with van der Waals surface area (Å²) in [7, 11) is 0. The van der Waals surface area contributed by atoms with Crippen LogP contribution in [-0.4, -0.2) is 18.3 Å². The van der Waals surface area contributed by atoms with E-state index in [-0.39, 0.29) is 0 Å². The standard InChI is InChI=1S/C17H26FN/c1-13-8-14(2)10-15(9-13)11-17(3,18)12-16-6-4-5-7-19-16/h8-10,16,19H,4-7,11-12H2,1-3H3. The van der Waals surface area contributed by atoms with Gasteiger partial charge < -0.3 is 5.32 Å². The average Bonchev–Trinajstić information content (AvgIpc) is 2.27. The normalized spacial score (nSPS) is 23.1. The summed E-state index contributed by atoms with van der Waals surface area (Å²) in [5.74, 6) is 0. The molecule has 1 aromatic carbocycles. The van der Waals surface area contributed by atoms with Crippen LogP contribution in [0, 0.1) is 13.8 Å². The van der Waals surface area contributed by atoms with E-state index in [1.807, 2.05) is 0 Å². The topological polar surface area (TPSA) is 12.0 Å². The molecule has 1 fully saturated rings. The highest BCUT2D eigenvalue weighted by Crippen LogP contribution is 2.27. The monoisotopic (exact) mass is 263 g/mol. The van der Waals surface area contributed by atoms with Crippen molar-refractivity contribution in [3.63, 3.8) is 0 Å². The van der Waals surface area contributed by atoms with E-state index in [0.29, 0.717) is 18.9 Å². The molecule has 2 unspecified atom stereocenters. The number of hydrogen-bond donors (Lipinski definition) is 1. The smallest absolute Gasteiger partial charge is 0.113 e. The Balaban J connectivity index is 1.98. The quantitative estimate of drug-likeness (QED) is 0.862. The Labute approximate surface area is 116 Å². The molecular formula is C17H26FN. The SMILES string of the molecule is Cc1cc(C)cc(CC(C)(F)CC2CCCCN2)c1. The largest absolute Gasteiger partial charge is 0.314 e. The first-order chi connectivity index (χ1) is 8.94. The number of aryl methyl sites for hydroxylation is 2. The summed E-state index contributed by atoms with van der Waals surface area (Å²) in [5.41, 5.74) is 2.45. The number of piperidine rings is 1. The van der Waals surface area contributed by atoms with Gasteiger partial charge in [0.15, 0.2) is 0 Å². The first-order valence-electron chi connectivity index (χ1n) is 7.44. The number of hydrogen-bond acceptors (Lipinski definition) is 1. The van der Waals surface area contributed by atoms with Crippen molar-refractivity contribution < 1.29 is 4.39 Å². The van der Waals surface area contributed by atoms with Crippen molar-refractivity contribution in [3.05, 3.63) is 34.9 Å². The summed E-state index contributed by atoms with van der Waals surface area (Å²) in [6.45, 7) is 6.95. The summed E-state index contributed by atoms with van der Waals surface area (Å²) in [5, 5.41) is 3.44. The van der Waals surface area contributed by atoms with Crippen LogP contribution in [0.1, 0.15) is 49.3 Å². The Morgan fingerprint density at radius 3 is 2.47 bits per heavy atom. The van der Waals surface area contributed by atoms with Gasteiger partial charge in [0, 0.05) is 12.5 Å². The molecule has 0 aromatic heterocycles. The molecule has 2 atom stereocenters. The van der Waals surface area contributed by atoms with Gasteiger partial charge in [0.2, 0.25) is 0 Å². The third-order valence-corrected chi connectivity index (χ3v) is 3.94. The molecule has 1 N–H and O–H groups in total. The van der Waals surface area contributed by atoms with Gasteiger partial charge in [-0.25, -0.2) is 4.39 Å². The fourth-order valence-electron chi connectivity index (χ4n) is 3.28. The Hall–Kier alpha value is -0.890. The van der Waals surface area contributed by atoms with Crippen LogP contribution in [0.4, 0.5) is 4.39 Å². The Kier molecular flexibility index (Phi) is 4.62. The zero-order chi connectivity index (χ0) is 13.9. The van der Waals surface area contributed by atoms with Gasteiger partial charge >= 0.3 is 0 Å². The fourth-order valence-corrected chi connectivity index (χ4v) is 3.28. The van der Waals surface area contributed by atoms with Crippen LogP contribution in [0.5, 0.6) is 0 Å². The molecule has 0 saturated carbocycles. The van der Waals surface area contributed by atoms with Crippen molar-refractivity contribution in [2.24, 2.45) is 0 Å². The summed E-state index contributed by atoms with van der Waals surface area (Å²) in [6, 6.07) is 6.72. The van der Waals surface area contributed by atoms with E-state index in [2.05, 4.69) is 37.4 Å². The van der Waals surface area contributed by atoms with Gasteiger partial charge in [0.25, 0.3) is 0 Å². The van der Waals surface area contributed by atoms with E-state index < -0.39 is 5.67 Å². The second-order valence-electron chi connectivity index (χ2n) is 6.44.